The Kier molecular flexibility index (Phi) is 8.14. The van der Waals surface area contributed by atoms with E-state index in [4.69, 9.17) is 9.16 Å². The Morgan fingerprint density at radius 1 is 1.03 bits per heavy atom. The summed E-state index contributed by atoms with van der Waals surface area (Å²) in [7, 11) is -1.95. The third-order valence-electron chi connectivity index (χ3n) is 5.72. The van der Waals surface area contributed by atoms with Gasteiger partial charge in [0.05, 0.1) is 6.61 Å². The van der Waals surface area contributed by atoms with Crippen LogP contribution in [0.2, 0.25) is 18.1 Å². The van der Waals surface area contributed by atoms with E-state index in [-0.39, 0.29) is 16.7 Å². The highest BCUT2D eigenvalue weighted by Crippen LogP contribution is 2.37. The summed E-state index contributed by atoms with van der Waals surface area (Å²) < 4.78 is 12.6. The fourth-order valence-corrected chi connectivity index (χ4v) is 3.76. The molecule has 0 aromatic heterocycles. The molecule has 0 saturated carbocycles. The van der Waals surface area contributed by atoms with Gasteiger partial charge in [-0.05, 0) is 23.7 Å². The van der Waals surface area contributed by atoms with Crippen molar-refractivity contribution in [3.05, 3.63) is 84.4 Å². The van der Waals surface area contributed by atoms with Gasteiger partial charge in [-0.25, -0.2) is 0 Å². The number of hydrogen-bond donors (Lipinski definition) is 0. The van der Waals surface area contributed by atoms with Crippen molar-refractivity contribution in [3.8, 4) is 0 Å². The Morgan fingerprint density at radius 2 is 1.59 bits per heavy atom. The van der Waals surface area contributed by atoms with Gasteiger partial charge in [0.1, 0.15) is 6.10 Å². The first-order chi connectivity index (χ1) is 13.7. The highest BCUT2D eigenvalue weighted by atomic mass is 28.4. The monoisotopic (exact) mass is 410 g/mol. The van der Waals surface area contributed by atoms with E-state index in [0.29, 0.717) is 18.8 Å². The van der Waals surface area contributed by atoms with Gasteiger partial charge in [-0.2, -0.15) is 0 Å². The molecule has 0 saturated heterocycles. The van der Waals surface area contributed by atoms with Crippen LogP contribution in [0.25, 0.3) is 0 Å². The molecule has 0 aliphatic carbocycles. The Morgan fingerprint density at radius 3 is 2.10 bits per heavy atom. The fourth-order valence-electron chi connectivity index (χ4n) is 2.72. The van der Waals surface area contributed by atoms with Gasteiger partial charge in [0.25, 0.3) is 0 Å². The molecule has 3 nitrogen and oxygen atoms in total. The van der Waals surface area contributed by atoms with Crippen LogP contribution in [-0.4, -0.2) is 26.8 Å². The van der Waals surface area contributed by atoms with E-state index in [1.807, 2.05) is 60.7 Å². The lowest BCUT2D eigenvalue weighted by molar-refractivity contribution is 0.00723. The van der Waals surface area contributed by atoms with E-state index in [0.717, 1.165) is 5.56 Å². The minimum atomic E-state index is -1.95. The summed E-state index contributed by atoms with van der Waals surface area (Å²) in [6.07, 6.45) is 1.16. The van der Waals surface area contributed by atoms with Gasteiger partial charge in [-0.1, -0.05) is 87.5 Å². The Balaban J connectivity index is 2.21. The average molecular weight is 411 g/mol. The first-order valence-corrected chi connectivity index (χ1v) is 13.1. The molecule has 0 aliphatic rings. The van der Waals surface area contributed by atoms with Crippen LogP contribution in [0.5, 0.6) is 0 Å². The lowest BCUT2D eigenvalue weighted by atomic mass is 9.95. The molecule has 2 aromatic carbocycles. The second-order valence-corrected chi connectivity index (χ2v) is 13.7. The summed E-state index contributed by atoms with van der Waals surface area (Å²) in [6.45, 7) is 15.8. The molecule has 0 aliphatic heterocycles. The Labute approximate surface area is 176 Å². The smallest absolute Gasteiger partial charge is 0.192 e. The third kappa shape index (κ3) is 6.49. The quantitative estimate of drug-likeness (QED) is 0.263. The van der Waals surface area contributed by atoms with Gasteiger partial charge in [0.15, 0.2) is 14.1 Å². The number of carbonyl (C=O) groups excluding carboxylic acids is 1. The van der Waals surface area contributed by atoms with Crippen molar-refractivity contribution < 1.29 is 14.0 Å². The zero-order chi connectivity index (χ0) is 21.5. The summed E-state index contributed by atoms with van der Waals surface area (Å²) >= 11 is 0. The maximum absolute atomic E-state index is 13.3. The zero-order valence-electron chi connectivity index (χ0n) is 18.4. The van der Waals surface area contributed by atoms with Gasteiger partial charge < -0.3 is 9.16 Å². The highest BCUT2D eigenvalue weighted by Gasteiger charge is 2.38. The highest BCUT2D eigenvalue weighted by molar-refractivity contribution is 6.74. The van der Waals surface area contributed by atoms with E-state index in [1.165, 1.54) is 0 Å². The van der Waals surface area contributed by atoms with Crippen molar-refractivity contribution in [2.45, 2.75) is 51.6 Å². The molecule has 4 heteroatoms. The molecular weight excluding hydrogens is 376 g/mol. The molecule has 0 fully saturated rings. The molecular formula is C25H34O3Si. The predicted molar refractivity (Wildman–Crippen MR) is 123 cm³/mol. The van der Waals surface area contributed by atoms with Crippen LogP contribution < -0.4 is 0 Å². The lowest BCUT2D eigenvalue weighted by Crippen LogP contribution is -2.44. The lowest BCUT2D eigenvalue weighted by Gasteiger charge is -2.37. The maximum Gasteiger partial charge on any atom is 0.192 e. The van der Waals surface area contributed by atoms with E-state index >= 15 is 0 Å². The fraction of sp³-hybridized carbons (Fsp3) is 0.400. The third-order valence-corrected chi connectivity index (χ3v) is 10.2. The summed E-state index contributed by atoms with van der Waals surface area (Å²) in [5.74, 6) is -0.259. The van der Waals surface area contributed by atoms with Gasteiger partial charge in [0, 0.05) is 18.1 Å². The average Bonchev–Trinajstić information content (AvgIpc) is 2.70. The molecule has 0 heterocycles. The van der Waals surface area contributed by atoms with Crippen molar-refractivity contribution >= 4 is 14.1 Å². The standard InChI is InChI=1S/C25H34O3Si/c1-7-21(19-28-29(5,6)25(2,3)4)24(23(26)22-16-12-9-13-17-22)27-18-20-14-10-8-11-15-20/h7-17,21,24H,1,18-19H2,2-6H3/t21-,24+/m1/s1. The Bertz CT molecular complexity index is 779. The molecule has 2 rings (SSSR count). The van der Waals surface area contributed by atoms with Crippen LogP contribution >= 0.6 is 0 Å². The molecule has 0 unspecified atom stereocenters. The largest absolute Gasteiger partial charge is 0.416 e. The Hall–Kier alpha value is -2.01. The number of benzene rings is 2. The first-order valence-electron chi connectivity index (χ1n) is 10.2. The van der Waals surface area contributed by atoms with Crippen molar-refractivity contribution in [2.24, 2.45) is 5.92 Å². The number of Topliss-reactive ketones (excluding diaryl/α,β-unsaturated/α-hetero) is 1. The first kappa shape index (κ1) is 23.3. The molecule has 0 bridgehead atoms. The van der Waals surface area contributed by atoms with Crippen LogP contribution in [0.3, 0.4) is 0 Å². The van der Waals surface area contributed by atoms with E-state index in [2.05, 4.69) is 40.4 Å². The number of hydrogen-bond acceptors (Lipinski definition) is 3. The summed E-state index contributed by atoms with van der Waals surface area (Å²) in [6, 6.07) is 19.2. The number of ketones is 1. The summed E-state index contributed by atoms with van der Waals surface area (Å²) in [4.78, 5) is 13.3. The van der Waals surface area contributed by atoms with Crippen molar-refractivity contribution in [1.82, 2.24) is 0 Å². The van der Waals surface area contributed by atoms with Gasteiger partial charge >= 0.3 is 0 Å². The molecule has 2 atom stereocenters. The number of rotatable bonds is 10. The second-order valence-electron chi connectivity index (χ2n) is 8.92. The van der Waals surface area contributed by atoms with Crippen LogP contribution in [-0.2, 0) is 15.8 Å². The molecule has 29 heavy (non-hydrogen) atoms. The molecule has 0 spiro atoms. The van der Waals surface area contributed by atoms with E-state index in [9.17, 15) is 4.79 Å². The van der Waals surface area contributed by atoms with Crippen molar-refractivity contribution in [2.75, 3.05) is 6.61 Å². The van der Waals surface area contributed by atoms with Gasteiger partial charge in [-0.15, -0.1) is 6.58 Å². The molecule has 2 aromatic rings. The van der Waals surface area contributed by atoms with Crippen LogP contribution in [0, 0.1) is 5.92 Å². The van der Waals surface area contributed by atoms with Gasteiger partial charge in [-0.3, -0.25) is 4.79 Å². The minimum Gasteiger partial charge on any atom is -0.416 e. The number of carbonyl (C=O) groups is 1. The normalized spacial score (nSPS) is 14.2. The maximum atomic E-state index is 13.3. The topological polar surface area (TPSA) is 35.5 Å². The minimum absolute atomic E-state index is 0.0368. The van der Waals surface area contributed by atoms with Crippen molar-refractivity contribution in [3.63, 3.8) is 0 Å². The molecule has 0 radical (unpaired) electrons. The zero-order valence-corrected chi connectivity index (χ0v) is 19.4. The molecule has 156 valence electrons. The predicted octanol–water partition coefficient (Wildman–Crippen LogP) is 6.28. The summed E-state index contributed by atoms with van der Waals surface area (Å²) in [5, 5.41) is 0.0998. The van der Waals surface area contributed by atoms with Crippen molar-refractivity contribution in [1.29, 1.82) is 0 Å². The number of ether oxygens (including phenoxy) is 1. The van der Waals surface area contributed by atoms with Crippen LogP contribution in [0.15, 0.2) is 73.3 Å². The molecule has 0 N–H and O–H groups in total. The second kappa shape index (κ2) is 10.1. The molecule has 0 amide bonds. The van der Waals surface area contributed by atoms with Crippen LogP contribution in [0.4, 0.5) is 0 Å². The SMILES string of the molecule is C=C[C@H](CO[Si](C)(C)C(C)(C)C)[C@H](OCc1ccccc1)C(=O)c1ccccc1. The van der Waals surface area contributed by atoms with E-state index < -0.39 is 14.4 Å². The van der Waals surface area contributed by atoms with E-state index in [1.54, 1.807) is 6.08 Å². The van der Waals surface area contributed by atoms with Gasteiger partial charge in [0.2, 0.25) is 0 Å². The summed E-state index contributed by atoms with van der Waals surface area (Å²) in [5.41, 5.74) is 1.68. The van der Waals surface area contributed by atoms with Crippen LogP contribution in [0.1, 0.15) is 36.7 Å².